The van der Waals surface area contributed by atoms with Gasteiger partial charge in [0.1, 0.15) is 6.54 Å². The van der Waals surface area contributed by atoms with Crippen molar-refractivity contribution in [2.24, 2.45) is 0 Å². The van der Waals surface area contributed by atoms with Crippen LogP contribution in [0.1, 0.15) is 30.4 Å². The topological polar surface area (TPSA) is 6.25 Å². The predicted octanol–water partition coefficient (Wildman–Crippen LogP) is 2.16. The van der Waals surface area contributed by atoms with E-state index in [-0.39, 0.29) is 0 Å². The molecule has 0 saturated carbocycles. The maximum Gasteiger partial charge on any atom is 0.171 e. The highest BCUT2D eigenvalue weighted by molar-refractivity contribution is 5.78. The third-order valence-corrected chi connectivity index (χ3v) is 4.20. The molecule has 0 aliphatic carbocycles. The molecule has 1 aromatic carbocycles. The van der Waals surface area contributed by atoms with Gasteiger partial charge >= 0.3 is 0 Å². The Balaban J connectivity index is 1.59. The monoisotopic (exact) mass is 243 g/mol. The molecular weight excluding hydrogens is 220 g/mol. The smallest absolute Gasteiger partial charge is 0.171 e. The zero-order valence-electron chi connectivity index (χ0n) is 11.1. The molecule has 0 radical (unpaired) electrons. The molecule has 0 spiro atoms. The molecule has 18 heavy (non-hydrogen) atoms. The van der Waals surface area contributed by atoms with Gasteiger partial charge in [0.2, 0.25) is 0 Å². The second-order valence-electron chi connectivity index (χ2n) is 5.52. The number of rotatable bonds is 3. The number of benzene rings is 1. The van der Waals surface area contributed by atoms with Gasteiger partial charge in [-0.2, -0.15) is 0 Å². The first kappa shape index (κ1) is 11.9. The molecule has 0 atom stereocenters. The molecule has 0 unspecified atom stereocenters. The first-order valence-corrected chi connectivity index (χ1v) is 7.31. The molecule has 0 aromatic heterocycles. The Kier molecular flexibility index (Phi) is 3.75. The number of likely N-dealkylation sites (tertiary alicyclic amines) is 1. The molecule has 1 saturated heterocycles. The van der Waals surface area contributed by atoms with E-state index in [2.05, 4.69) is 40.0 Å². The van der Waals surface area contributed by atoms with Gasteiger partial charge in [-0.3, -0.25) is 4.90 Å². The fourth-order valence-corrected chi connectivity index (χ4v) is 3.04. The van der Waals surface area contributed by atoms with Crippen LogP contribution in [0.5, 0.6) is 0 Å². The van der Waals surface area contributed by atoms with Gasteiger partial charge in [-0.25, -0.2) is 4.58 Å². The first-order valence-electron chi connectivity index (χ1n) is 7.31. The third kappa shape index (κ3) is 2.81. The van der Waals surface area contributed by atoms with Crippen LogP contribution >= 0.6 is 0 Å². The maximum absolute atomic E-state index is 2.62. The van der Waals surface area contributed by atoms with E-state index in [0.29, 0.717) is 0 Å². The molecule has 1 fully saturated rings. The lowest BCUT2D eigenvalue weighted by Crippen LogP contribution is -2.36. The summed E-state index contributed by atoms with van der Waals surface area (Å²) >= 11 is 0. The van der Waals surface area contributed by atoms with Crippen LogP contribution in [0.4, 0.5) is 0 Å². The molecule has 96 valence electrons. The molecule has 0 N–H and O–H groups in total. The van der Waals surface area contributed by atoms with Gasteiger partial charge in [-0.15, -0.1) is 0 Å². The molecule has 3 rings (SSSR count). The average molecular weight is 243 g/mol. The van der Waals surface area contributed by atoms with E-state index >= 15 is 0 Å². The summed E-state index contributed by atoms with van der Waals surface area (Å²) in [6, 6.07) is 8.79. The molecular formula is C16H23N2+. The van der Waals surface area contributed by atoms with Crippen molar-refractivity contribution in [2.45, 2.75) is 25.7 Å². The van der Waals surface area contributed by atoms with Crippen LogP contribution in [0.3, 0.4) is 0 Å². The zero-order valence-corrected chi connectivity index (χ0v) is 11.1. The fraction of sp³-hybridized carbons (Fsp3) is 0.562. The van der Waals surface area contributed by atoms with Crippen molar-refractivity contribution in [1.82, 2.24) is 4.90 Å². The second-order valence-corrected chi connectivity index (χ2v) is 5.52. The molecule has 2 aliphatic heterocycles. The van der Waals surface area contributed by atoms with E-state index in [0.717, 1.165) is 0 Å². The Bertz CT molecular complexity index is 430. The summed E-state index contributed by atoms with van der Waals surface area (Å²) in [4.78, 5) is 2.62. The van der Waals surface area contributed by atoms with Crippen molar-refractivity contribution in [3.05, 3.63) is 35.4 Å². The largest absolute Gasteiger partial charge is 0.297 e. The van der Waals surface area contributed by atoms with Crippen molar-refractivity contribution in [3.63, 3.8) is 0 Å². The van der Waals surface area contributed by atoms with Crippen LogP contribution in [-0.2, 0) is 6.42 Å². The van der Waals surface area contributed by atoms with E-state index in [4.69, 9.17) is 0 Å². The average Bonchev–Trinajstić information content (AvgIpc) is 2.46. The van der Waals surface area contributed by atoms with E-state index < -0.39 is 0 Å². The summed E-state index contributed by atoms with van der Waals surface area (Å²) in [6.07, 6.45) is 7.77. The first-order chi connectivity index (χ1) is 8.92. The quantitative estimate of drug-likeness (QED) is 0.737. The summed E-state index contributed by atoms with van der Waals surface area (Å²) in [5.41, 5.74) is 2.93. The number of hydrogen-bond donors (Lipinski definition) is 0. The van der Waals surface area contributed by atoms with E-state index in [9.17, 15) is 0 Å². The van der Waals surface area contributed by atoms with Crippen molar-refractivity contribution < 1.29 is 4.58 Å². The van der Waals surface area contributed by atoms with E-state index in [1.807, 2.05) is 0 Å². The highest BCUT2D eigenvalue weighted by atomic mass is 15.2. The predicted molar refractivity (Wildman–Crippen MR) is 75.6 cm³/mol. The number of fused-ring (bicyclic) bond motifs is 1. The minimum absolute atomic E-state index is 1.19. The standard InChI is InChI=1S/C16H23N2/c1-4-9-17(10-5-1)12-13-18-11-8-15-6-2-3-7-16(15)14-18/h2-3,6-7,14H,1,4-5,8-13H2/q+1. The van der Waals surface area contributed by atoms with E-state index in [1.54, 1.807) is 0 Å². The number of hydrogen-bond acceptors (Lipinski definition) is 1. The van der Waals surface area contributed by atoms with Crippen LogP contribution in [0.15, 0.2) is 24.3 Å². The van der Waals surface area contributed by atoms with Gasteiger partial charge in [-0.05, 0) is 37.6 Å². The summed E-state index contributed by atoms with van der Waals surface area (Å²) in [6.45, 7) is 6.23. The van der Waals surface area contributed by atoms with Gasteiger partial charge in [-0.1, -0.05) is 24.6 Å². The van der Waals surface area contributed by atoms with Gasteiger partial charge in [0.15, 0.2) is 12.8 Å². The highest BCUT2D eigenvalue weighted by Gasteiger charge is 2.17. The van der Waals surface area contributed by atoms with Gasteiger partial charge in [0.25, 0.3) is 0 Å². The summed E-state index contributed by atoms with van der Waals surface area (Å²) in [5.74, 6) is 0. The van der Waals surface area contributed by atoms with Gasteiger partial charge < -0.3 is 0 Å². The summed E-state index contributed by atoms with van der Waals surface area (Å²) in [7, 11) is 0. The molecule has 0 amide bonds. The Morgan fingerprint density at radius 1 is 1.06 bits per heavy atom. The van der Waals surface area contributed by atoms with E-state index in [1.165, 1.54) is 69.5 Å². The normalized spacial score (nSPS) is 20.3. The SMILES string of the molecule is C1=[N+](CCN2CCCCC2)CCc2ccccc21. The van der Waals surface area contributed by atoms with Gasteiger partial charge in [0, 0.05) is 12.0 Å². The lowest BCUT2D eigenvalue weighted by molar-refractivity contribution is -0.524. The van der Waals surface area contributed by atoms with Crippen LogP contribution in [0.25, 0.3) is 0 Å². The molecule has 0 bridgehead atoms. The highest BCUT2D eigenvalue weighted by Crippen LogP contribution is 2.12. The zero-order chi connectivity index (χ0) is 12.2. The number of piperidine rings is 1. The molecule has 2 heteroatoms. The molecule has 1 aromatic rings. The fourth-order valence-electron chi connectivity index (χ4n) is 3.04. The van der Waals surface area contributed by atoms with Crippen LogP contribution < -0.4 is 0 Å². The van der Waals surface area contributed by atoms with Crippen molar-refractivity contribution in [3.8, 4) is 0 Å². The Morgan fingerprint density at radius 2 is 1.89 bits per heavy atom. The van der Waals surface area contributed by atoms with Gasteiger partial charge in [0.05, 0.1) is 6.54 Å². The maximum atomic E-state index is 2.62. The second kappa shape index (κ2) is 5.66. The van der Waals surface area contributed by atoms with Crippen LogP contribution in [0, 0.1) is 0 Å². The summed E-state index contributed by atoms with van der Waals surface area (Å²) < 4.78 is 2.50. The minimum Gasteiger partial charge on any atom is -0.297 e. The summed E-state index contributed by atoms with van der Waals surface area (Å²) in [5, 5.41) is 0. The Morgan fingerprint density at radius 3 is 2.78 bits per heavy atom. The van der Waals surface area contributed by atoms with Crippen LogP contribution in [-0.4, -0.2) is 48.4 Å². The van der Waals surface area contributed by atoms with Crippen LogP contribution in [0.2, 0.25) is 0 Å². The Labute approximate surface area is 110 Å². The lowest BCUT2D eigenvalue weighted by Gasteiger charge is -2.25. The molecule has 2 heterocycles. The Hall–Kier alpha value is -1.15. The minimum atomic E-state index is 1.19. The molecule has 2 aliphatic rings. The lowest BCUT2D eigenvalue weighted by atomic mass is 10.0. The van der Waals surface area contributed by atoms with Crippen molar-refractivity contribution >= 4 is 6.21 Å². The van der Waals surface area contributed by atoms with Crippen molar-refractivity contribution in [1.29, 1.82) is 0 Å². The third-order valence-electron chi connectivity index (χ3n) is 4.20. The number of nitrogens with zero attached hydrogens (tertiary/aromatic N) is 2. The van der Waals surface area contributed by atoms with Crippen molar-refractivity contribution in [2.75, 3.05) is 32.7 Å². The molecule has 2 nitrogen and oxygen atoms in total.